The first-order valence-corrected chi connectivity index (χ1v) is 19.1. The van der Waals surface area contributed by atoms with Gasteiger partial charge in [0.05, 0.1) is 71.2 Å². The predicted octanol–water partition coefficient (Wildman–Crippen LogP) is 17.7. The topological polar surface area (TPSA) is 0 Å². The highest BCUT2D eigenvalue weighted by Crippen LogP contribution is 2.57. The van der Waals surface area contributed by atoms with Gasteiger partial charge in [-0.05, 0) is 44.8 Å². The van der Waals surface area contributed by atoms with Gasteiger partial charge in [0.15, 0.2) is 0 Å². The number of benzene rings is 3. The van der Waals surface area contributed by atoms with E-state index in [-0.39, 0.29) is 87.9 Å². The Morgan fingerprint density at radius 2 is 0.652 bits per heavy atom. The van der Waals surface area contributed by atoms with Gasteiger partial charge in [0.1, 0.15) is 0 Å². The second kappa shape index (κ2) is 15.7. The monoisotopic (exact) mass is 901 g/mol. The van der Waals surface area contributed by atoms with Crippen LogP contribution in [0.5, 0.6) is 0 Å². The van der Waals surface area contributed by atoms with E-state index in [2.05, 4.69) is 0 Å². The lowest BCUT2D eigenvalue weighted by molar-refractivity contribution is 1.22. The quantitative estimate of drug-likeness (QED) is 0.0867. The van der Waals surface area contributed by atoms with E-state index in [1.165, 1.54) is 22.7 Å². The van der Waals surface area contributed by atoms with Gasteiger partial charge in [-0.2, -0.15) is 22.7 Å². The number of hydrogen-bond acceptors (Lipinski definition) is 2. The fourth-order valence-corrected chi connectivity index (χ4v) is 9.28. The second-order valence-electron chi connectivity index (χ2n) is 9.19. The lowest BCUT2D eigenvalue weighted by Gasteiger charge is -2.28. The van der Waals surface area contributed by atoms with Gasteiger partial charge in [-0.1, -0.05) is 175 Å². The molecule has 15 heteroatoms. The van der Waals surface area contributed by atoms with Crippen LogP contribution in [0.3, 0.4) is 0 Å². The molecule has 237 valence electrons. The van der Waals surface area contributed by atoms with Crippen molar-refractivity contribution < 1.29 is 0 Å². The Kier molecular flexibility index (Phi) is 12.8. The molecule has 0 aliphatic carbocycles. The Hall–Kier alpha value is 0.310. The highest BCUT2D eigenvalue weighted by molar-refractivity contribution is 7.08. The van der Waals surface area contributed by atoms with Crippen molar-refractivity contribution in [2.45, 2.75) is 0 Å². The van der Waals surface area contributed by atoms with Crippen LogP contribution in [0.1, 0.15) is 38.9 Å². The molecule has 46 heavy (non-hydrogen) atoms. The van der Waals surface area contributed by atoms with Crippen molar-refractivity contribution in [2.75, 3.05) is 0 Å². The molecular weight excluding hydrogens is 897 g/mol. The minimum Gasteiger partial charge on any atom is -0.152 e. The maximum absolute atomic E-state index is 7.00. The van der Waals surface area contributed by atoms with Crippen LogP contribution in [0.15, 0.2) is 33.7 Å². The van der Waals surface area contributed by atoms with Crippen LogP contribution in [0.2, 0.25) is 65.3 Å². The third-order valence-electron chi connectivity index (χ3n) is 6.53. The van der Waals surface area contributed by atoms with Crippen molar-refractivity contribution in [1.29, 1.82) is 0 Å². The van der Waals surface area contributed by atoms with Gasteiger partial charge in [0, 0.05) is 27.8 Å². The maximum atomic E-state index is 7.00. The first-order valence-electron chi connectivity index (χ1n) is 12.3. The normalized spacial score (nSPS) is 12.0. The minimum absolute atomic E-state index is 0.0118. The lowest BCUT2D eigenvalue weighted by Crippen LogP contribution is -2.12. The summed E-state index contributed by atoms with van der Waals surface area (Å²) in [5, 5.41) is 7.15. The fraction of sp³-hybridized carbons (Fsp3) is 0. The first-order chi connectivity index (χ1) is 21.8. The van der Waals surface area contributed by atoms with Crippen LogP contribution >= 0.6 is 173 Å². The zero-order chi connectivity index (χ0) is 33.6. The van der Waals surface area contributed by atoms with Gasteiger partial charge < -0.3 is 0 Å². The molecule has 0 bridgehead atoms. The van der Waals surface area contributed by atoms with Gasteiger partial charge in [-0.3, -0.25) is 0 Å². The Morgan fingerprint density at radius 1 is 0.370 bits per heavy atom. The highest BCUT2D eigenvalue weighted by Gasteiger charge is 2.37. The van der Waals surface area contributed by atoms with Crippen LogP contribution < -0.4 is 0 Å². The molecule has 1 radical (unpaired) electrons. The average Bonchev–Trinajstić information content (AvgIpc) is 3.76. The van der Waals surface area contributed by atoms with Gasteiger partial charge in [-0.15, -0.1) is 0 Å². The first kappa shape index (κ1) is 37.6. The summed E-state index contributed by atoms with van der Waals surface area (Å²) in [4.78, 5) is 0. The molecule has 0 saturated carbocycles. The third kappa shape index (κ3) is 7.09. The summed E-state index contributed by atoms with van der Waals surface area (Å²) in [5.74, 6) is 0.0368. The van der Waals surface area contributed by atoms with E-state index in [0.717, 1.165) is 11.1 Å². The van der Waals surface area contributed by atoms with Gasteiger partial charge in [-0.25, -0.2) is 0 Å². The van der Waals surface area contributed by atoms with E-state index in [1.54, 1.807) is 12.2 Å². The van der Waals surface area contributed by atoms with E-state index in [9.17, 15) is 0 Å². The zero-order valence-electron chi connectivity index (χ0n) is 22.0. The molecule has 0 amide bonds. The van der Waals surface area contributed by atoms with Crippen LogP contribution in [0.4, 0.5) is 0 Å². The molecule has 0 saturated heterocycles. The summed E-state index contributed by atoms with van der Waals surface area (Å²) < 4.78 is 0. The highest BCUT2D eigenvalue weighted by atomic mass is 35.5. The molecule has 0 nitrogen and oxygen atoms in total. The van der Waals surface area contributed by atoms with E-state index in [4.69, 9.17) is 151 Å². The molecule has 0 fully saturated rings. The Balaban J connectivity index is 1.86. The molecule has 0 unspecified atom stereocenters. The molecule has 2 aromatic heterocycles. The van der Waals surface area contributed by atoms with Crippen molar-refractivity contribution in [3.8, 4) is 0 Å². The van der Waals surface area contributed by atoms with Crippen molar-refractivity contribution in [1.82, 2.24) is 0 Å². The molecule has 5 rings (SSSR count). The molecule has 0 atom stereocenters. The summed E-state index contributed by atoms with van der Waals surface area (Å²) >= 11 is 91.5. The fourth-order valence-electron chi connectivity index (χ4n) is 4.33. The van der Waals surface area contributed by atoms with Crippen molar-refractivity contribution in [2.24, 2.45) is 0 Å². The second-order valence-corrected chi connectivity index (χ2v) is 15.7. The molecule has 0 aliphatic rings. The van der Waals surface area contributed by atoms with Crippen LogP contribution in [0.25, 0.3) is 24.3 Å². The Morgan fingerprint density at radius 3 is 0.935 bits per heavy atom. The summed E-state index contributed by atoms with van der Waals surface area (Å²) in [7, 11) is 0. The average molecular weight is 907 g/mol. The van der Waals surface area contributed by atoms with Gasteiger partial charge in [0.25, 0.3) is 0 Å². The van der Waals surface area contributed by atoms with E-state index >= 15 is 0 Å². The van der Waals surface area contributed by atoms with Crippen molar-refractivity contribution in [3.05, 3.63) is 144 Å². The number of halogens is 13. The van der Waals surface area contributed by atoms with Crippen molar-refractivity contribution in [3.63, 3.8) is 0 Å². The number of thiophene rings is 2. The Labute approximate surface area is 337 Å². The van der Waals surface area contributed by atoms with E-state index in [1.807, 2.05) is 45.8 Å². The number of hydrogen-bond donors (Lipinski definition) is 0. The molecule has 5 aromatic rings. The maximum Gasteiger partial charge on any atom is 0.0809 e. The largest absolute Gasteiger partial charge is 0.152 e. The molecule has 0 spiro atoms. The third-order valence-corrected chi connectivity index (χ3v) is 13.7. The predicted molar refractivity (Wildman–Crippen MR) is 211 cm³/mol. The standard InChI is InChI=1S/C31H10Cl13S2/c32-19-13(3-1-11-5-7-45-9-11)20(33)24(37)16(23(19)36)15(18-27(40)29(42)31(44)30(43)28(18)41)17-25(38)21(34)14(22(35)26(17)39)4-2-12-6-8-46-10-12/h1-10H/b3-1+,4-2+. The summed E-state index contributed by atoms with van der Waals surface area (Å²) in [6.45, 7) is 0. The molecule has 0 N–H and O–H groups in total. The molecular formula is C31H10Cl13S2. The van der Waals surface area contributed by atoms with Crippen molar-refractivity contribution >= 4 is 198 Å². The Bertz CT molecular complexity index is 1830. The van der Waals surface area contributed by atoms with Crippen LogP contribution in [-0.4, -0.2) is 0 Å². The van der Waals surface area contributed by atoms with E-state index < -0.39 is 0 Å². The molecule has 0 aliphatic heterocycles. The lowest BCUT2D eigenvalue weighted by atomic mass is 9.83. The summed E-state index contributed by atoms with van der Waals surface area (Å²) in [5.41, 5.74) is 2.63. The zero-order valence-corrected chi connectivity index (χ0v) is 33.5. The minimum atomic E-state index is -0.127. The number of rotatable bonds is 7. The van der Waals surface area contributed by atoms with Gasteiger partial charge in [0.2, 0.25) is 0 Å². The summed E-state index contributed by atoms with van der Waals surface area (Å²) in [6, 6.07) is 3.84. The van der Waals surface area contributed by atoms with Crippen LogP contribution in [0, 0.1) is 5.92 Å². The molecule has 3 aromatic carbocycles. The van der Waals surface area contributed by atoms with Crippen LogP contribution in [-0.2, 0) is 0 Å². The summed E-state index contributed by atoms with van der Waals surface area (Å²) in [6.07, 6.45) is 6.99. The van der Waals surface area contributed by atoms with Gasteiger partial charge >= 0.3 is 0 Å². The van der Waals surface area contributed by atoms with E-state index in [0.29, 0.717) is 11.1 Å². The molecule has 2 heterocycles. The SMILES string of the molecule is Clc1c(Cl)c(Cl)c([C](c2c(Cl)c(Cl)c(/C=C/c3ccsc3)c(Cl)c2Cl)c2c(Cl)c(Cl)c(/C=C/c3ccsc3)c(Cl)c2Cl)c(Cl)c1Cl. The smallest absolute Gasteiger partial charge is 0.0809 e.